The van der Waals surface area contributed by atoms with Gasteiger partial charge in [0.15, 0.2) is 0 Å². The first kappa shape index (κ1) is 19.5. The van der Waals surface area contributed by atoms with Crippen LogP contribution in [0.3, 0.4) is 0 Å². The third-order valence-corrected chi connectivity index (χ3v) is 6.41. The van der Waals surface area contributed by atoms with Gasteiger partial charge in [-0.3, -0.25) is 0 Å². The molecule has 24 heavy (non-hydrogen) atoms. The zero-order chi connectivity index (χ0) is 17.3. The molecule has 1 aliphatic rings. The third kappa shape index (κ3) is 4.64. The molecule has 0 fully saturated rings. The van der Waals surface area contributed by atoms with Crippen LogP contribution in [-0.4, -0.2) is 0 Å². The lowest BCUT2D eigenvalue weighted by atomic mass is 9.66. The maximum absolute atomic E-state index is 2.48. The molecule has 0 N–H and O–H groups in total. The van der Waals surface area contributed by atoms with Gasteiger partial charge in [-0.05, 0) is 48.1 Å². The van der Waals surface area contributed by atoms with Gasteiger partial charge in [-0.15, -0.1) is 0 Å². The van der Waals surface area contributed by atoms with Gasteiger partial charge in [0.25, 0.3) is 0 Å². The van der Waals surface area contributed by atoms with Crippen molar-refractivity contribution in [3.63, 3.8) is 0 Å². The monoisotopic (exact) mass is 328 g/mol. The van der Waals surface area contributed by atoms with E-state index in [-0.39, 0.29) is 0 Å². The highest BCUT2D eigenvalue weighted by atomic mass is 14.5. The molecule has 0 aromatic heterocycles. The fraction of sp³-hybridized carbons (Fsp3) is 0.750. The molecule has 136 valence electrons. The molecule has 1 atom stereocenters. The Labute approximate surface area is 151 Å². The molecular weight excluding hydrogens is 288 g/mol. The average molecular weight is 329 g/mol. The molecule has 0 amide bonds. The van der Waals surface area contributed by atoms with Crippen molar-refractivity contribution in [2.45, 2.75) is 110 Å². The summed E-state index contributed by atoms with van der Waals surface area (Å²) >= 11 is 0. The summed E-state index contributed by atoms with van der Waals surface area (Å²) in [5, 5.41) is 0. The lowest BCUT2D eigenvalue weighted by Gasteiger charge is -2.38. The number of hydrogen-bond donors (Lipinski definition) is 0. The number of fused-ring (bicyclic) bond motifs is 1. The van der Waals surface area contributed by atoms with Crippen LogP contribution < -0.4 is 0 Å². The van der Waals surface area contributed by atoms with Gasteiger partial charge in [-0.1, -0.05) is 103 Å². The Bertz CT molecular complexity index is 449. The molecule has 0 heteroatoms. The third-order valence-electron chi connectivity index (χ3n) is 6.41. The molecule has 0 spiro atoms. The van der Waals surface area contributed by atoms with Crippen LogP contribution in [0.25, 0.3) is 0 Å². The molecule has 1 aliphatic carbocycles. The van der Waals surface area contributed by atoms with Crippen molar-refractivity contribution >= 4 is 0 Å². The summed E-state index contributed by atoms with van der Waals surface area (Å²) in [4.78, 5) is 0. The summed E-state index contributed by atoms with van der Waals surface area (Å²) in [6.07, 6.45) is 18.2. The first-order chi connectivity index (χ1) is 11.8. The number of benzene rings is 1. The van der Waals surface area contributed by atoms with Gasteiger partial charge >= 0.3 is 0 Å². The number of hydrogen-bond acceptors (Lipinski definition) is 0. The minimum absolute atomic E-state index is 0.495. The Hall–Kier alpha value is -0.780. The maximum atomic E-state index is 2.48. The standard InChI is InChI=1S/C24H40/c1-4-7-10-16-22-20-21-15-11-12-17-23(21)24(22,18-13-8-5-2)19-14-9-6-3/h11-12,15,17,22H,4-10,13-14,16,18-20H2,1-3H3. The van der Waals surface area contributed by atoms with E-state index in [4.69, 9.17) is 0 Å². The van der Waals surface area contributed by atoms with Gasteiger partial charge < -0.3 is 0 Å². The van der Waals surface area contributed by atoms with Crippen molar-refractivity contribution in [2.75, 3.05) is 0 Å². The smallest absolute Gasteiger partial charge is 0.00129 e. The molecule has 0 saturated heterocycles. The number of unbranched alkanes of at least 4 members (excludes halogenated alkanes) is 6. The van der Waals surface area contributed by atoms with E-state index >= 15 is 0 Å². The van der Waals surface area contributed by atoms with Crippen molar-refractivity contribution in [2.24, 2.45) is 5.92 Å². The number of rotatable bonds is 12. The maximum Gasteiger partial charge on any atom is -0.00129 e. The molecule has 0 saturated carbocycles. The predicted octanol–water partition coefficient (Wildman–Crippen LogP) is 7.84. The lowest BCUT2D eigenvalue weighted by Crippen LogP contribution is -2.32. The van der Waals surface area contributed by atoms with E-state index in [1.54, 1.807) is 11.1 Å². The van der Waals surface area contributed by atoms with E-state index in [1.807, 2.05) is 0 Å². The summed E-state index contributed by atoms with van der Waals surface area (Å²) < 4.78 is 0. The van der Waals surface area contributed by atoms with E-state index < -0.39 is 0 Å². The Morgan fingerprint density at radius 3 is 2.00 bits per heavy atom. The molecule has 0 bridgehead atoms. The second-order valence-electron chi connectivity index (χ2n) is 8.12. The largest absolute Gasteiger partial charge is 0.0654 e. The molecule has 0 radical (unpaired) electrons. The van der Waals surface area contributed by atoms with Crippen LogP contribution in [0.5, 0.6) is 0 Å². The van der Waals surface area contributed by atoms with Crippen LogP contribution in [0.1, 0.15) is 109 Å². The Kier molecular flexibility index (Phi) is 8.36. The predicted molar refractivity (Wildman–Crippen MR) is 108 cm³/mol. The molecule has 1 unspecified atom stereocenters. The zero-order valence-electron chi connectivity index (χ0n) is 16.6. The molecule has 0 nitrogen and oxygen atoms in total. The summed E-state index contributed by atoms with van der Waals surface area (Å²) in [7, 11) is 0. The minimum Gasteiger partial charge on any atom is -0.0654 e. The summed E-state index contributed by atoms with van der Waals surface area (Å²) in [6, 6.07) is 9.45. The van der Waals surface area contributed by atoms with Crippen molar-refractivity contribution < 1.29 is 0 Å². The molecule has 0 heterocycles. The van der Waals surface area contributed by atoms with Crippen molar-refractivity contribution in [1.82, 2.24) is 0 Å². The van der Waals surface area contributed by atoms with Crippen molar-refractivity contribution in [3.05, 3.63) is 35.4 Å². The van der Waals surface area contributed by atoms with Crippen LogP contribution >= 0.6 is 0 Å². The van der Waals surface area contributed by atoms with Gasteiger partial charge in [-0.25, -0.2) is 0 Å². The first-order valence-electron chi connectivity index (χ1n) is 10.9. The van der Waals surface area contributed by atoms with E-state index in [0.29, 0.717) is 5.41 Å². The van der Waals surface area contributed by atoms with Crippen molar-refractivity contribution in [3.8, 4) is 0 Å². The van der Waals surface area contributed by atoms with Crippen LogP contribution in [0.15, 0.2) is 24.3 Å². The Morgan fingerprint density at radius 1 is 0.792 bits per heavy atom. The molecule has 1 aromatic carbocycles. The van der Waals surface area contributed by atoms with Gasteiger partial charge in [-0.2, -0.15) is 0 Å². The lowest BCUT2D eigenvalue weighted by molar-refractivity contribution is 0.222. The second-order valence-corrected chi connectivity index (χ2v) is 8.12. The fourth-order valence-electron chi connectivity index (χ4n) is 5.07. The highest BCUT2D eigenvalue weighted by molar-refractivity contribution is 5.41. The van der Waals surface area contributed by atoms with Gasteiger partial charge in [0, 0.05) is 0 Å². The molecule has 2 rings (SSSR count). The van der Waals surface area contributed by atoms with Crippen LogP contribution in [0, 0.1) is 5.92 Å². The van der Waals surface area contributed by atoms with E-state index in [0.717, 1.165) is 5.92 Å². The molecule has 0 aliphatic heterocycles. The van der Waals surface area contributed by atoms with Gasteiger partial charge in [0.1, 0.15) is 0 Å². The normalized spacial score (nSPS) is 18.7. The molecule has 1 aromatic rings. The Morgan fingerprint density at radius 2 is 1.38 bits per heavy atom. The summed E-state index contributed by atoms with van der Waals surface area (Å²) in [5.74, 6) is 0.898. The van der Waals surface area contributed by atoms with Crippen molar-refractivity contribution in [1.29, 1.82) is 0 Å². The topological polar surface area (TPSA) is 0 Å². The summed E-state index contributed by atoms with van der Waals surface area (Å²) in [5.41, 5.74) is 3.90. The molecular formula is C24H40. The zero-order valence-corrected chi connectivity index (χ0v) is 16.6. The second kappa shape index (κ2) is 10.3. The van der Waals surface area contributed by atoms with Gasteiger partial charge in [0.05, 0.1) is 0 Å². The highest BCUT2D eigenvalue weighted by Crippen LogP contribution is 2.51. The van der Waals surface area contributed by atoms with Crippen LogP contribution in [0.4, 0.5) is 0 Å². The van der Waals surface area contributed by atoms with Crippen LogP contribution in [0.2, 0.25) is 0 Å². The quantitative estimate of drug-likeness (QED) is 0.343. The van der Waals surface area contributed by atoms with Crippen LogP contribution in [-0.2, 0) is 11.8 Å². The van der Waals surface area contributed by atoms with E-state index in [1.165, 1.54) is 83.5 Å². The fourth-order valence-corrected chi connectivity index (χ4v) is 5.07. The summed E-state index contributed by atoms with van der Waals surface area (Å²) in [6.45, 7) is 7.01. The minimum atomic E-state index is 0.495. The van der Waals surface area contributed by atoms with Gasteiger partial charge in [0.2, 0.25) is 0 Å². The highest BCUT2D eigenvalue weighted by Gasteiger charge is 2.44. The van der Waals surface area contributed by atoms with E-state index in [2.05, 4.69) is 45.0 Å². The SMILES string of the molecule is CCCCCC1Cc2ccccc2C1(CCCCC)CCCCC. The Balaban J connectivity index is 2.22. The first-order valence-corrected chi connectivity index (χ1v) is 10.9. The van der Waals surface area contributed by atoms with E-state index in [9.17, 15) is 0 Å². The average Bonchev–Trinajstić information content (AvgIpc) is 2.90.